The lowest BCUT2D eigenvalue weighted by Crippen LogP contribution is -2.28. The van der Waals surface area contributed by atoms with Crippen LogP contribution < -0.4 is 5.32 Å². The van der Waals surface area contributed by atoms with Gasteiger partial charge in [0, 0.05) is 11.1 Å². The predicted octanol–water partition coefficient (Wildman–Crippen LogP) is 4.26. The smallest absolute Gasteiger partial charge is 0.131 e. The topological polar surface area (TPSA) is 24.9 Å². The molecule has 1 unspecified atom stereocenters. The van der Waals surface area contributed by atoms with E-state index in [-0.39, 0.29) is 11.9 Å². The van der Waals surface area contributed by atoms with Crippen molar-refractivity contribution < 1.29 is 4.39 Å². The molecule has 21 heavy (non-hydrogen) atoms. The largest absolute Gasteiger partial charge is 0.380 e. The van der Waals surface area contributed by atoms with Crippen LogP contribution in [0.3, 0.4) is 0 Å². The van der Waals surface area contributed by atoms with Gasteiger partial charge in [-0.05, 0) is 48.2 Å². The molecule has 0 saturated carbocycles. The SMILES string of the molecule is C=C(NC1Cc2ccc(F)cc2C1)c1cc(Cl)cc(Cl)n1. The van der Waals surface area contributed by atoms with Crippen LogP contribution in [0.15, 0.2) is 36.9 Å². The molecule has 2 nitrogen and oxygen atoms in total. The van der Waals surface area contributed by atoms with Gasteiger partial charge in [0.05, 0.1) is 11.4 Å². The molecule has 5 heteroatoms. The minimum Gasteiger partial charge on any atom is -0.380 e. The molecule has 0 spiro atoms. The van der Waals surface area contributed by atoms with Crippen molar-refractivity contribution in [2.24, 2.45) is 0 Å². The van der Waals surface area contributed by atoms with E-state index in [9.17, 15) is 4.39 Å². The summed E-state index contributed by atoms with van der Waals surface area (Å²) in [6.45, 7) is 3.99. The fraction of sp³-hybridized carbons (Fsp3) is 0.188. The first kappa shape index (κ1) is 14.4. The van der Waals surface area contributed by atoms with Crippen molar-refractivity contribution in [3.8, 4) is 0 Å². The minimum atomic E-state index is -0.198. The monoisotopic (exact) mass is 322 g/mol. The van der Waals surface area contributed by atoms with E-state index in [1.165, 1.54) is 11.6 Å². The molecule has 1 aromatic carbocycles. The van der Waals surface area contributed by atoms with Crippen molar-refractivity contribution in [2.75, 3.05) is 0 Å². The molecule has 0 aliphatic heterocycles. The van der Waals surface area contributed by atoms with E-state index in [2.05, 4.69) is 16.9 Å². The van der Waals surface area contributed by atoms with Crippen LogP contribution in [0.1, 0.15) is 16.8 Å². The number of nitrogens with one attached hydrogen (secondary N) is 1. The molecule has 1 aliphatic carbocycles. The van der Waals surface area contributed by atoms with Gasteiger partial charge < -0.3 is 5.32 Å². The maximum Gasteiger partial charge on any atom is 0.131 e. The zero-order chi connectivity index (χ0) is 15.0. The Hall–Kier alpha value is -1.58. The van der Waals surface area contributed by atoms with Crippen LogP contribution in [-0.4, -0.2) is 11.0 Å². The number of nitrogens with zero attached hydrogens (tertiary/aromatic N) is 1. The Morgan fingerprint density at radius 2 is 1.95 bits per heavy atom. The molecule has 0 fully saturated rings. The van der Waals surface area contributed by atoms with Gasteiger partial charge in [0.15, 0.2) is 0 Å². The highest BCUT2D eigenvalue weighted by Crippen LogP contribution is 2.25. The van der Waals surface area contributed by atoms with Gasteiger partial charge in [0.2, 0.25) is 0 Å². The number of rotatable bonds is 3. The number of pyridine rings is 1. The van der Waals surface area contributed by atoms with E-state index in [0.717, 1.165) is 18.4 Å². The summed E-state index contributed by atoms with van der Waals surface area (Å²) in [6, 6.07) is 8.39. The van der Waals surface area contributed by atoms with Gasteiger partial charge in [0.1, 0.15) is 11.0 Å². The second kappa shape index (κ2) is 5.66. The summed E-state index contributed by atoms with van der Waals surface area (Å²) in [5.74, 6) is -0.198. The average molecular weight is 323 g/mol. The highest BCUT2D eigenvalue weighted by molar-refractivity contribution is 6.34. The molecule has 1 aromatic heterocycles. The van der Waals surface area contributed by atoms with Gasteiger partial charge in [-0.3, -0.25) is 0 Å². The van der Waals surface area contributed by atoms with Crippen molar-refractivity contribution in [1.82, 2.24) is 10.3 Å². The Kier molecular flexibility index (Phi) is 3.87. The summed E-state index contributed by atoms with van der Waals surface area (Å²) in [6.07, 6.45) is 1.60. The Labute approximate surface area is 132 Å². The first-order valence-electron chi connectivity index (χ1n) is 6.57. The Balaban J connectivity index is 1.72. The third kappa shape index (κ3) is 3.20. The summed E-state index contributed by atoms with van der Waals surface area (Å²) in [5, 5.41) is 4.17. The third-order valence-electron chi connectivity index (χ3n) is 3.55. The quantitative estimate of drug-likeness (QED) is 0.854. The predicted molar refractivity (Wildman–Crippen MR) is 84.0 cm³/mol. The van der Waals surface area contributed by atoms with Crippen LogP contribution in [0, 0.1) is 5.82 Å². The van der Waals surface area contributed by atoms with Gasteiger partial charge >= 0.3 is 0 Å². The third-order valence-corrected chi connectivity index (χ3v) is 3.96. The summed E-state index contributed by atoms with van der Waals surface area (Å²) >= 11 is 11.9. The summed E-state index contributed by atoms with van der Waals surface area (Å²) in [4.78, 5) is 4.20. The molecular weight excluding hydrogens is 310 g/mol. The first-order chi connectivity index (χ1) is 10.0. The first-order valence-corrected chi connectivity index (χ1v) is 7.33. The highest BCUT2D eigenvalue weighted by atomic mass is 35.5. The Morgan fingerprint density at radius 1 is 1.19 bits per heavy atom. The maximum absolute atomic E-state index is 13.2. The molecule has 0 amide bonds. The molecule has 108 valence electrons. The van der Waals surface area contributed by atoms with Crippen LogP contribution >= 0.6 is 23.2 Å². The zero-order valence-corrected chi connectivity index (χ0v) is 12.7. The fourth-order valence-electron chi connectivity index (χ4n) is 2.63. The van der Waals surface area contributed by atoms with Crippen molar-refractivity contribution >= 4 is 28.9 Å². The molecule has 1 N–H and O–H groups in total. The van der Waals surface area contributed by atoms with Gasteiger partial charge in [-0.25, -0.2) is 9.37 Å². The second-order valence-electron chi connectivity index (χ2n) is 5.13. The van der Waals surface area contributed by atoms with Crippen molar-refractivity contribution in [1.29, 1.82) is 0 Å². The van der Waals surface area contributed by atoms with E-state index in [4.69, 9.17) is 23.2 Å². The normalized spacial score (nSPS) is 16.6. The maximum atomic E-state index is 13.2. The number of hydrogen-bond acceptors (Lipinski definition) is 2. The van der Waals surface area contributed by atoms with Crippen LogP contribution in [0.25, 0.3) is 5.70 Å². The lowest BCUT2D eigenvalue weighted by atomic mass is 10.1. The van der Waals surface area contributed by atoms with Gasteiger partial charge in [-0.1, -0.05) is 35.8 Å². The molecule has 1 atom stereocenters. The molecular formula is C16H13Cl2FN2. The number of benzene rings is 1. The molecule has 1 heterocycles. The minimum absolute atomic E-state index is 0.175. The van der Waals surface area contributed by atoms with E-state index in [0.29, 0.717) is 21.6 Å². The fourth-order valence-corrected chi connectivity index (χ4v) is 3.10. The van der Waals surface area contributed by atoms with Gasteiger partial charge in [-0.15, -0.1) is 0 Å². The van der Waals surface area contributed by atoms with Crippen molar-refractivity contribution in [3.63, 3.8) is 0 Å². The molecule has 0 saturated heterocycles. The van der Waals surface area contributed by atoms with E-state index in [1.54, 1.807) is 18.2 Å². The zero-order valence-electron chi connectivity index (χ0n) is 11.2. The lowest BCUT2D eigenvalue weighted by molar-refractivity contribution is 0.621. The summed E-state index contributed by atoms with van der Waals surface area (Å²) in [7, 11) is 0. The van der Waals surface area contributed by atoms with E-state index < -0.39 is 0 Å². The number of hydrogen-bond donors (Lipinski definition) is 1. The van der Waals surface area contributed by atoms with Crippen molar-refractivity contribution in [2.45, 2.75) is 18.9 Å². The van der Waals surface area contributed by atoms with Crippen LogP contribution in [0.5, 0.6) is 0 Å². The number of halogens is 3. The molecule has 1 aliphatic rings. The standard InChI is InChI=1S/C16H13Cl2FN2/c1-9(15-7-12(17)8-16(18)21-15)20-14-5-10-2-3-13(19)4-11(10)6-14/h2-4,7-8,14,20H,1,5-6H2. The number of fused-ring (bicyclic) bond motifs is 1. The summed E-state index contributed by atoms with van der Waals surface area (Å²) in [5.41, 5.74) is 3.49. The van der Waals surface area contributed by atoms with Gasteiger partial charge in [0.25, 0.3) is 0 Å². The van der Waals surface area contributed by atoms with Crippen LogP contribution in [0.2, 0.25) is 10.2 Å². The van der Waals surface area contributed by atoms with E-state index in [1.807, 2.05) is 6.07 Å². The van der Waals surface area contributed by atoms with Gasteiger partial charge in [-0.2, -0.15) is 0 Å². The highest BCUT2D eigenvalue weighted by Gasteiger charge is 2.22. The Morgan fingerprint density at radius 3 is 2.71 bits per heavy atom. The second-order valence-corrected chi connectivity index (χ2v) is 5.96. The van der Waals surface area contributed by atoms with E-state index >= 15 is 0 Å². The van der Waals surface area contributed by atoms with Crippen molar-refractivity contribution in [3.05, 3.63) is 69.7 Å². The lowest BCUT2D eigenvalue weighted by Gasteiger charge is -2.15. The summed E-state index contributed by atoms with van der Waals surface area (Å²) < 4.78 is 13.2. The Bertz CT molecular complexity index is 695. The number of aromatic nitrogens is 1. The molecule has 0 bridgehead atoms. The molecule has 0 radical (unpaired) electrons. The molecule has 2 aromatic rings. The van der Waals surface area contributed by atoms with Crippen LogP contribution in [0.4, 0.5) is 4.39 Å². The van der Waals surface area contributed by atoms with Crippen LogP contribution in [-0.2, 0) is 12.8 Å². The average Bonchev–Trinajstić information content (AvgIpc) is 2.78. The molecule has 3 rings (SSSR count).